The van der Waals surface area contributed by atoms with E-state index in [1.807, 2.05) is 0 Å². The second-order valence-electron chi connectivity index (χ2n) is 2.70. The lowest BCUT2D eigenvalue weighted by Gasteiger charge is -1.98. The molecule has 0 saturated carbocycles. The SMILES string of the molecule is O=c1oc2cc(O)ccc2c(F)c1F. The number of aromatic hydroxyl groups is 1. The van der Waals surface area contributed by atoms with Crippen molar-refractivity contribution in [2.75, 3.05) is 0 Å². The van der Waals surface area contributed by atoms with Crippen LogP contribution in [0, 0.1) is 11.6 Å². The van der Waals surface area contributed by atoms with Gasteiger partial charge >= 0.3 is 5.63 Å². The van der Waals surface area contributed by atoms with Gasteiger partial charge in [0.05, 0.1) is 5.39 Å². The molecule has 0 radical (unpaired) electrons. The highest BCUT2D eigenvalue weighted by Crippen LogP contribution is 2.21. The molecule has 0 fully saturated rings. The third kappa shape index (κ3) is 1.14. The molecule has 2 aromatic rings. The summed E-state index contributed by atoms with van der Waals surface area (Å²) in [4.78, 5) is 10.7. The highest BCUT2D eigenvalue weighted by atomic mass is 19.2. The molecular weight excluding hydrogens is 194 g/mol. The van der Waals surface area contributed by atoms with Crippen LogP contribution >= 0.6 is 0 Å². The van der Waals surface area contributed by atoms with E-state index in [1.54, 1.807) is 0 Å². The maximum atomic E-state index is 13.1. The van der Waals surface area contributed by atoms with Gasteiger partial charge in [-0.15, -0.1) is 0 Å². The van der Waals surface area contributed by atoms with Gasteiger partial charge in [-0.05, 0) is 12.1 Å². The van der Waals surface area contributed by atoms with Gasteiger partial charge in [0.15, 0.2) is 5.82 Å². The lowest BCUT2D eigenvalue weighted by atomic mass is 10.2. The summed E-state index contributed by atoms with van der Waals surface area (Å²) < 4.78 is 30.2. The molecule has 0 atom stereocenters. The van der Waals surface area contributed by atoms with Crippen molar-refractivity contribution in [3.63, 3.8) is 0 Å². The Morgan fingerprint density at radius 1 is 1.21 bits per heavy atom. The van der Waals surface area contributed by atoms with Gasteiger partial charge in [0.25, 0.3) is 0 Å². The fourth-order valence-electron chi connectivity index (χ4n) is 1.13. The van der Waals surface area contributed by atoms with E-state index < -0.39 is 17.3 Å². The van der Waals surface area contributed by atoms with E-state index in [4.69, 9.17) is 5.11 Å². The smallest absolute Gasteiger partial charge is 0.375 e. The molecule has 0 bridgehead atoms. The van der Waals surface area contributed by atoms with Crippen LogP contribution in [-0.2, 0) is 0 Å². The zero-order chi connectivity index (χ0) is 10.3. The monoisotopic (exact) mass is 198 g/mol. The summed E-state index contributed by atoms with van der Waals surface area (Å²) in [6, 6.07) is 3.34. The normalized spacial score (nSPS) is 10.7. The summed E-state index contributed by atoms with van der Waals surface area (Å²) in [5.41, 5.74) is -1.57. The molecule has 0 aliphatic carbocycles. The Hall–Kier alpha value is -1.91. The van der Waals surface area contributed by atoms with E-state index in [-0.39, 0.29) is 16.7 Å². The van der Waals surface area contributed by atoms with Gasteiger partial charge in [-0.1, -0.05) is 0 Å². The zero-order valence-corrected chi connectivity index (χ0v) is 6.75. The second-order valence-corrected chi connectivity index (χ2v) is 2.70. The largest absolute Gasteiger partial charge is 0.508 e. The van der Waals surface area contributed by atoms with Crippen molar-refractivity contribution in [3.8, 4) is 5.75 Å². The number of halogens is 2. The van der Waals surface area contributed by atoms with E-state index in [0.717, 1.165) is 12.1 Å². The number of phenols is 1. The van der Waals surface area contributed by atoms with Gasteiger partial charge in [-0.3, -0.25) is 0 Å². The molecule has 1 heterocycles. The van der Waals surface area contributed by atoms with Gasteiger partial charge in [0.2, 0.25) is 5.82 Å². The first-order chi connectivity index (χ1) is 6.59. The summed E-state index contributed by atoms with van der Waals surface area (Å²) in [7, 11) is 0. The van der Waals surface area contributed by atoms with Crippen LogP contribution in [-0.4, -0.2) is 5.11 Å². The van der Waals surface area contributed by atoms with Crippen LogP contribution in [0.1, 0.15) is 0 Å². The van der Waals surface area contributed by atoms with Crippen LogP contribution < -0.4 is 5.63 Å². The molecule has 5 heteroatoms. The number of benzene rings is 1. The predicted molar refractivity (Wildman–Crippen MR) is 44.1 cm³/mol. The molecule has 0 aliphatic rings. The highest BCUT2D eigenvalue weighted by Gasteiger charge is 2.13. The first-order valence-electron chi connectivity index (χ1n) is 3.70. The first-order valence-corrected chi connectivity index (χ1v) is 3.70. The van der Waals surface area contributed by atoms with E-state index in [2.05, 4.69) is 4.42 Å². The van der Waals surface area contributed by atoms with Crippen molar-refractivity contribution < 1.29 is 18.3 Å². The van der Waals surface area contributed by atoms with Crippen molar-refractivity contribution >= 4 is 11.0 Å². The lowest BCUT2D eigenvalue weighted by Crippen LogP contribution is -2.07. The summed E-state index contributed by atoms with van der Waals surface area (Å²) in [5, 5.41) is 8.82. The molecule has 0 unspecified atom stereocenters. The second kappa shape index (κ2) is 2.80. The fraction of sp³-hybridized carbons (Fsp3) is 0. The van der Waals surface area contributed by atoms with E-state index in [0.29, 0.717) is 0 Å². The van der Waals surface area contributed by atoms with Crippen molar-refractivity contribution in [2.24, 2.45) is 0 Å². The topological polar surface area (TPSA) is 50.4 Å². The molecule has 3 nitrogen and oxygen atoms in total. The van der Waals surface area contributed by atoms with Gasteiger partial charge in [-0.2, -0.15) is 4.39 Å². The summed E-state index contributed by atoms with van der Waals surface area (Å²) >= 11 is 0. The van der Waals surface area contributed by atoms with Gasteiger partial charge in [0, 0.05) is 6.07 Å². The minimum absolute atomic E-state index is 0.181. The highest BCUT2D eigenvalue weighted by molar-refractivity contribution is 5.78. The van der Waals surface area contributed by atoms with Crippen molar-refractivity contribution in [3.05, 3.63) is 40.3 Å². The Morgan fingerprint density at radius 3 is 2.64 bits per heavy atom. The molecule has 1 aromatic heterocycles. The Kier molecular flexibility index (Phi) is 1.73. The minimum atomic E-state index is -1.55. The Balaban J connectivity index is 2.98. The molecule has 14 heavy (non-hydrogen) atoms. The zero-order valence-electron chi connectivity index (χ0n) is 6.75. The number of phenolic OH excluding ortho intramolecular Hbond substituents is 1. The maximum absolute atomic E-state index is 13.1. The van der Waals surface area contributed by atoms with Crippen LogP contribution in [0.4, 0.5) is 8.78 Å². The van der Waals surface area contributed by atoms with Crippen molar-refractivity contribution in [1.82, 2.24) is 0 Å². The molecule has 1 N–H and O–H groups in total. The average Bonchev–Trinajstić information content (AvgIpc) is 2.14. The molecular formula is C9H4F2O3. The summed E-state index contributed by atoms with van der Waals surface area (Å²) in [5.74, 6) is -3.01. The lowest BCUT2D eigenvalue weighted by molar-refractivity contribution is 0.434. The molecule has 0 amide bonds. The maximum Gasteiger partial charge on any atom is 0.375 e. The first kappa shape index (κ1) is 8.68. The minimum Gasteiger partial charge on any atom is -0.508 e. The standard InChI is InChI=1S/C9H4F2O3/c10-7-5-2-1-4(12)3-6(5)14-9(13)8(7)11/h1-3,12H. The third-order valence-corrected chi connectivity index (χ3v) is 1.78. The average molecular weight is 198 g/mol. The van der Waals surface area contributed by atoms with Gasteiger partial charge in [-0.25, -0.2) is 9.18 Å². The quantitative estimate of drug-likeness (QED) is 0.656. The Labute approximate surface area is 76.2 Å². The molecule has 72 valence electrons. The van der Waals surface area contributed by atoms with Crippen LogP contribution in [0.5, 0.6) is 5.75 Å². The molecule has 0 saturated heterocycles. The van der Waals surface area contributed by atoms with Crippen LogP contribution in [0.25, 0.3) is 11.0 Å². The molecule has 0 spiro atoms. The van der Waals surface area contributed by atoms with Crippen molar-refractivity contribution in [2.45, 2.75) is 0 Å². The summed E-state index contributed by atoms with van der Waals surface area (Å²) in [6.07, 6.45) is 0. The predicted octanol–water partition coefficient (Wildman–Crippen LogP) is 1.78. The van der Waals surface area contributed by atoms with E-state index in [9.17, 15) is 13.6 Å². The van der Waals surface area contributed by atoms with E-state index in [1.165, 1.54) is 6.07 Å². The number of hydrogen-bond donors (Lipinski definition) is 1. The Morgan fingerprint density at radius 2 is 1.93 bits per heavy atom. The van der Waals surface area contributed by atoms with Crippen molar-refractivity contribution in [1.29, 1.82) is 0 Å². The fourth-order valence-corrected chi connectivity index (χ4v) is 1.13. The number of fused-ring (bicyclic) bond motifs is 1. The van der Waals surface area contributed by atoms with Gasteiger partial charge in [0.1, 0.15) is 11.3 Å². The molecule has 2 rings (SSSR count). The van der Waals surface area contributed by atoms with E-state index >= 15 is 0 Å². The molecule has 1 aromatic carbocycles. The van der Waals surface area contributed by atoms with Crippen LogP contribution in [0.3, 0.4) is 0 Å². The molecule has 0 aliphatic heterocycles. The Bertz CT molecular complexity index is 560. The van der Waals surface area contributed by atoms with Crippen LogP contribution in [0.2, 0.25) is 0 Å². The van der Waals surface area contributed by atoms with Crippen LogP contribution in [0.15, 0.2) is 27.4 Å². The number of hydrogen-bond acceptors (Lipinski definition) is 3. The third-order valence-electron chi connectivity index (χ3n) is 1.78. The van der Waals surface area contributed by atoms with Gasteiger partial charge < -0.3 is 9.52 Å². The number of rotatable bonds is 0. The summed E-state index contributed by atoms with van der Waals surface area (Å²) in [6.45, 7) is 0.